The molecule has 0 bridgehead atoms. The molecule has 0 radical (unpaired) electrons. The highest BCUT2D eigenvalue weighted by atomic mass is 127. The number of aliphatic imine (C=N–C) groups is 1. The summed E-state index contributed by atoms with van der Waals surface area (Å²) in [6, 6.07) is 7.94. The van der Waals surface area contributed by atoms with Crippen LogP contribution in [0.4, 0.5) is 0 Å². The summed E-state index contributed by atoms with van der Waals surface area (Å²) >= 11 is 1.68. The number of hydrogen-bond donors (Lipinski definition) is 2. The first kappa shape index (κ1) is 18.7. The molecule has 0 amide bonds. The molecule has 1 aromatic carbocycles. The number of methoxy groups -OCH3 is 1. The number of rotatable bonds is 5. The summed E-state index contributed by atoms with van der Waals surface area (Å²) in [6.07, 6.45) is 1.89. The van der Waals surface area contributed by atoms with Crippen LogP contribution >= 0.6 is 35.3 Å². The third-order valence-electron chi connectivity index (χ3n) is 2.96. The quantitative estimate of drug-likeness (QED) is 0.434. The molecule has 0 fully saturated rings. The second kappa shape index (κ2) is 9.62. The minimum absolute atomic E-state index is 0. The Balaban J connectivity index is 0.00000242. The van der Waals surface area contributed by atoms with Crippen LogP contribution in [0.3, 0.4) is 0 Å². The minimum atomic E-state index is 0. The summed E-state index contributed by atoms with van der Waals surface area (Å²) < 4.78 is 5.34. The van der Waals surface area contributed by atoms with E-state index in [-0.39, 0.29) is 24.0 Å². The van der Waals surface area contributed by atoms with Gasteiger partial charge in [0.05, 0.1) is 18.7 Å². The topological polar surface area (TPSA) is 58.5 Å². The van der Waals surface area contributed by atoms with Crippen molar-refractivity contribution in [1.82, 2.24) is 15.6 Å². The highest BCUT2D eigenvalue weighted by Gasteiger charge is 2.04. The molecule has 0 aliphatic heterocycles. The molecule has 120 valence electrons. The van der Waals surface area contributed by atoms with Crippen molar-refractivity contribution in [3.8, 4) is 5.75 Å². The van der Waals surface area contributed by atoms with Crippen LogP contribution in [-0.2, 0) is 13.1 Å². The van der Waals surface area contributed by atoms with Crippen molar-refractivity contribution in [3.05, 3.63) is 45.9 Å². The van der Waals surface area contributed by atoms with Crippen molar-refractivity contribution >= 4 is 41.3 Å². The molecule has 0 saturated heterocycles. The van der Waals surface area contributed by atoms with Gasteiger partial charge in [0.15, 0.2) is 5.96 Å². The van der Waals surface area contributed by atoms with Crippen molar-refractivity contribution in [2.75, 3.05) is 14.2 Å². The fourth-order valence-electron chi connectivity index (χ4n) is 1.91. The standard InChI is InChI=1S/C15H20N4OS.HI/c1-11-17-9-13(21-11)10-19-15(16-2)18-8-12-6-4-5-7-14(12)20-3;/h4-7,9H,8,10H2,1-3H3,(H2,16,18,19);1H. The third kappa shape index (κ3) is 5.45. The summed E-state index contributed by atoms with van der Waals surface area (Å²) in [5, 5.41) is 7.63. The van der Waals surface area contributed by atoms with Gasteiger partial charge in [0.25, 0.3) is 0 Å². The van der Waals surface area contributed by atoms with Crippen molar-refractivity contribution in [1.29, 1.82) is 0 Å². The number of nitrogens with one attached hydrogen (secondary N) is 2. The lowest BCUT2D eigenvalue weighted by atomic mass is 10.2. The van der Waals surface area contributed by atoms with Gasteiger partial charge in [0, 0.05) is 30.2 Å². The zero-order valence-electron chi connectivity index (χ0n) is 12.9. The van der Waals surface area contributed by atoms with Gasteiger partial charge in [-0.25, -0.2) is 4.98 Å². The normalized spacial score (nSPS) is 10.8. The first-order valence-electron chi connectivity index (χ1n) is 6.70. The Labute approximate surface area is 152 Å². The van der Waals surface area contributed by atoms with Crippen LogP contribution in [-0.4, -0.2) is 25.1 Å². The number of aromatic nitrogens is 1. The highest BCUT2D eigenvalue weighted by Crippen LogP contribution is 2.16. The van der Waals surface area contributed by atoms with Crippen LogP contribution in [0.2, 0.25) is 0 Å². The summed E-state index contributed by atoms with van der Waals surface area (Å²) in [7, 11) is 3.44. The molecular weight excluding hydrogens is 411 g/mol. The van der Waals surface area contributed by atoms with Gasteiger partial charge in [-0.2, -0.15) is 0 Å². The molecule has 1 aromatic heterocycles. The Morgan fingerprint density at radius 3 is 2.64 bits per heavy atom. The van der Waals surface area contributed by atoms with E-state index in [1.165, 1.54) is 4.88 Å². The van der Waals surface area contributed by atoms with E-state index < -0.39 is 0 Å². The van der Waals surface area contributed by atoms with Crippen molar-refractivity contribution < 1.29 is 4.74 Å². The smallest absolute Gasteiger partial charge is 0.191 e. The maximum absolute atomic E-state index is 5.34. The molecular formula is C15H21IN4OS. The number of benzene rings is 1. The molecule has 2 N–H and O–H groups in total. The summed E-state index contributed by atoms with van der Waals surface area (Å²) in [4.78, 5) is 9.64. The van der Waals surface area contributed by atoms with E-state index in [2.05, 4.69) is 20.6 Å². The average Bonchev–Trinajstić information content (AvgIpc) is 2.93. The molecule has 0 atom stereocenters. The number of thiazole rings is 1. The summed E-state index contributed by atoms with van der Waals surface area (Å²) in [5.41, 5.74) is 1.09. The van der Waals surface area contributed by atoms with Gasteiger partial charge in [-0.1, -0.05) is 18.2 Å². The van der Waals surface area contributed by atoms with E-state index in [4.69, 9.17) is 4.74 Å². The predicted molar refractivity (Wildman–Crippen MR) is 102 cm³/mol. The average molecular weight is 432 g/mol. The number of nitrogens with zero attached hydrogens (tertiary/aromatic N) is 2. The van der Waals surface area contributed by atoms with Crippen LogP contribution in [0.5, 0.6) is 5.75 Å². The molecule has 22 heavy (non-hydrogen) atoms. The molecule has 2 rings (SSSR count). The number of para-hydroxylation sites is 1. The molecule has 0 spiro atoms. The van der Waals surface area contributed by atoms with Gasteiger partial charge in [0.2, 0.25) is 0 Å². The summed E-state index contributed by atoms with van der Waals surface area (Å²) in [5.74, 6) is 1.63. The van der Waals surface area contributed by atoms with E-state index in [1.807, 2.05) is 37.4 Å². The Kier molecular flexibility index (Phi) is 8.18. The molecule has 2 aromatic rings. The molecule has 0 unspecified atom stereocenters. The van der Waals surface area contributed by atoms with E-state index in [1.54, 1.807) is 25.5 Å². The van der Waals surface area contributed by atoms with E-state index in [0.717, 1.165) is 28.8 Å². The van der Waals surface area contributed by atoms with Gasteiger partial charge < -0.3 is 15.4 Å². The third-order valence-corrected chi connectivity index (χ3v) is 3.87. The zero-order valence-corrected chi connectivity index (χ0v) is 16.1. The van der Waals surface area contributed by atoms with Crippen molar-refractivity contribution in [3.63, 3.8) is 0 Å². The van der Waals surface area contributed by atoms with Crippen molar-refractivity contribution in [2.24, 2.45) is 4.99 Å². The maximum Gasteiger partial charge on any atom is 0.191 e. The first-order valence-corrected chi connectivity index (χ1v) is 7.52. The molecule has 0 aliphatic rings. The van der Waals surface area contributed by atoms with Crippen LogP contribution in [0.25, 0.3) is 0 Å². The summed E-state index contributed by atoms with van der Waals surface area (Å²) in [6.45, 7) is 3.38. The lowest BCUT2D eigenvalue weighted by Gasteiger charge is -2.13. The fourth-order valence-corrected chi connectivity index (χ4v) is 2.64. The first-order chi connectivity index (χ1) is 10.2. The number of halogens is 1. The highest BCUT2D eigenvalue weighted by molar-refractivity contribution is 14.0. The van der Waals surface area contributed by atoms with Crippen LogP contribution in [0.1, 0.15) is 15.4 Å². The molecule has 5 nitrogen and oxygen atoms in total. The Bertz CT molecular complexity index is 615. The lowest BCUT2D eigenvalue weighted by molar-refractivity contribution is 0.409. The van der Waals surface area contributed by atoms with Gasteiger partial charge in [0.1, 0.15) is 5.75 Å². The minimum Gasteiger partial charge on any atom is -0.496 e. The van der Waals surface area contributed by atoms with Gasteiger partial charge in [-0.15, -0.1) is 35.3 Å². The van der Waals surface area contributed by atoms with E-state index >= 15 is 0 Å². The van der Waals surface area contributed by atoms with Gasteiger partial charge in [-0.05, 0) is 13.0 Å². The van der Waals surface area contributed by atoms with Crippen LogP contribution < -0.4 is 15.4 Å². The predicted octanol–water partition coefficient (Wildman–Crippen LogP) is 2.94. The SMILES string of the molecule is CN=C(NCc1cnc(C)s1)NCc1ccccc1OC.I. The van der Waals surface area contributed by atoms with E-state index in [0.29, 0.717) is 6.54 Å². The molecule has 0 saturated carbocycles. The maximum atomic E-state index is 5.34. The number of aryl methyl sites for hydroxylation is 1. The number of hydrogen-bond acceptors (Lipinski definition) is 4. The number of guanidine groups is 1. The number of ether oxygens (including phenoxy) is 1. The largest absolute Gasteiger partial charge is 0.496 e. The van der Waals surface area contributed by atoms with E-state index in [9.17, 15) is 0 Å². The Morgan fingerprint density at radius 1 is 1.27 bits per heavy atom. The van der Waals surface area contributed by atoms with Gasteiger partial charge >= 0.3 is 0 Å². The zero-order chi connectivity index (χ0) is 15.1. The molecule has 0 aliphatic carbocycles. The fraction of sp³-hybridized carbons (Fsp3) is 0.333. The van der Waals surface area contributed by atoms with Crippen molar-refractivity contribution in [2.45, 2.75) is 20.0 Å². The van der Waals surface area contributed by atoms with Crippen LogP contribution in [0.15, 0.2) is 35.5 Å². The monoisotopic (exact) mass is 432 g/mol. The van der Waals surface area contributed by atoms with Crippen LogP contribution in [0, 0.1) is 6.92 Å². The Morgan fingerprint density at radius 2 is 2.00 bits per heavy atom. The second-order valence-electron chi connectivity index (χ2n) is 4.44. The lowest BCUT2D eigenvalue weighted by Crippen LogP contribution is -2.36. The van der Waals surface area contributed by atoms with Gasteiger partial charge in [-0.3, -0.25) is 4.99 Å². The molecule has 7 heteroatoms. The Hall–Kier alpha value is -1.35. The molecule has 1 heterocycles. The second-order valence-corrected chi connectivity index (χ2v) is 5.76.